The van der Waals surface area contributed by atoms with Crippen LogP contribution in [0.3, 0.4) is 0 Å². The van der Waals surface area contributed by atoms with Gasteiger partial charge in [0.15, 0.2) is 0 Å². The predicted molar refractivity (Wildman–Crippen MR) is 84.1 cm³/mol. The predicted octanol–water partition coefficient (Wildman–Crippen LogP) is 2.54. The Balaban J connectivity index is 1.84. The van der Waals surface area contributed by atoms with Gasteiger partial charge in [-0.15, -0.1) is 11.3 Å². The number of aryl methyl sites for hydroxylation is 1. The summed E-state index contributed by atoms with van der Waals surface area (Å²) >= 11 is 1.70. The molecule has 7 heteroatoms. The molecule has 0 spiro atoms. The number of hydrogen-bond donors (Lipinski definition) is 2. The van der Waals surface area contributed by atoms with Crippen LogP contribution >= 0.6 is 11.3 Å². The zero-order chi connectivity index (χ0) is 14.9. The van der Waals surface area contributed by atoms with E-state index in [9.17, 15) is 8.42 Å². The molecule has 5 nitrogen and oxygen atoms in total. The van der Waals surface area contributed by atoms with Gasteiger partial charge in [0.25, 0.3) is 0 Å². The molecule has 0 amide bonds. The van der Waals surface area contributed by atoms with Gasteiger partial charge in [-0.3, -0.25) is 0 Å². The highest BCUT2D eigenvalue weighted by Crippen LogP contribution is 2.34. The molecule has 0 fully saturated rings. The molecule has 2 heterocycles. The lowest BCUT2D eigenvalue weighted by Crippen LogP contribution is -2.30. The molecule has 2 N–H and O–H groups in total. The summed E-state index contributed by atoms with van der Waals surface area (Å²) in [6.45, 7) is 0. The monoisotopic (exact) mass is 323 g/mol. The van der Waals surface area contributed by atoms with Crippen LogP contribution < -0.4 is 10.0 Å². The number of rotatable bonds is 4. The van der Waals surface area contributed by atoms with Crippen molar-refractivity contribution in [1.82, 2.24) is 9.71 Å². The third kappa shape index (κ3) is 2.95. The summed E-state index contributed by atoms with van der Waals surface area (Å²) < 4.78 is 27.7. The number of aromatic nitrogens is 1. The van der Waals surface area contributed by atoms with Gasteiger partial charge >= 0.3 is 0 Å². The smallest absolute Gasteiger partial charge is 0.242 e. The first-order valence-corrected chi connectivity index (χ1v) is 9.19. The summed E-state index contributed by atoms with van der Waals surface area (Å²) in [5, 5.41) is 4.90. The molecular formula is C14H17N3O2S2. The van der Waals surface area contributed by atoms with Crippen LogP contribution in [0.4, 0.5) is 5.82 Å². The van der Waals surface area contributed by atoms with E-state index in [1.165, 1.54) is 11.1 Å². The highest BCUT2D eigenvalue weighted by molar-refractivity contribution is 7.89. The maximum absolute atomic E-state index is 12.5. The summed E-state index contributed by atoms with van der Waals surface area (Å²) in [7, 11) is -1.80. The molecule has 1 unspecified atom stereocenters. The van der Waals surface area contributed by atoms with Gasteiger partial charge in [-0.1, -0.05) is 0 Å². The lowest BCUT2D eigenvalue weighted by molar-refractivity contribution is 0.511. The molecule has 1 aliphatic rings. The fraction of sp³-hybridized carbons (Fsp3) is 0.357. The Kier molecular flexibility index (Phi) is 3.97. The minimum atomic E-state index is -3.54. The average Bonchev–Trinajstić information content (AvgIpc) is 2.97. The molecule has 2 aromatic heterocycles. The fourth-order valence-corrected chi connectivity index (χ4v) is 4.73. The SMILES string of the molecule is CNc1ccc(S(=O)(=O)NC2CCCc3sccc32)cn1. The van der Waals surface area contributed by atoms with Crippen LogP contribution in [-0.2, 0) is 16.4 Å². The number of hydrogen-bond acceptors (Lipinski definition) is 5. The van der Waals surface area contributed by atoms with E-state index in [4.69, 9.17) is 0 Å². The van der Waals surface area contributed by atoms with E-state index in [0.717, 1.165) is 24.8 Å². The summed E-state index contributed by atoms with van der Waals surface area (Å²) in [6.07, 6.45) is 4.28. The second-order valence-electron chi connectivity index (χ2n) is 4.99. The number of sulfonamides is 1. The summed E-state index contributed by atoms with van der Waals surface area (Å²) in [5.41, 5.74) is 1.12. The van der Waals surface area contributed by atoms with Gasteiger partial charge in [0.1, 0.15) is 10.7 Å². The molecule has 1 aliphatic carbocycles. The highest BCUT2D eigenvalue weighted by Gasteiger charge is 2.26. The molecule has 0 saturated carbocycles. The van der Waals surface area contributed by atoms with E-state index >= 15 is 0 Å². The van der Waals surface area contributed by atoms with Gasteiger partial charge in [-0.05, 0) is 48.4 Å². The molecule has 0 bridgehead atoms. The summed E-state index contributed by atoms with van der Waals surface area (Å²) in [4.78, 5) is 5.55. The van der Waals surface area contributed by atoms with Crippen LogP contribution in [0.5, 0.6) is 0 Å². The molecule has 0 saturated heterocycles. The van der Waals surface area contributed by atoms with Crippen molar-refractivity contribution in [3.63, 3.8) is 0 Å². The second-order valence-corrected chi connectivity index (χ2v) is 7.71. The normalized spacial score (nSPS) is 18.2. The standard InChI is InChI=1S/C14H17N3O2S2/c1-15-14-6-5-10(9-16-14)21(18,19)17-12-3-2-4-13-11(12)7-8-20-13/h5-9,12,17H,2-4H2,1H3,(H,15,16). The lowest BCUT2D eigenvalue weighted by Gasteiger charge is -2.23. The van der Waals surface area contributed by atoms with Crippen molar-refractivity contribution in [1.29, 1.82) is 0 Å². The molecule has 21 heavy (non-hydrogen) atoms. The van der Waals surface area contributed by atoms with Gasteiger partial charge < -0.3 is 5.32 Å². The van der Waals surface area contributed by atoms with Gasteiger partial charge in [-0.25, -0.2) is 18.1 Å². The van der Waals surface area contributed by atoms with Crippen molar-refractivity contribution >= 4 is 27.2 Å². The summed E-state index contributed by atoms with van der Waals surface area (Å²) in [5.74, 6) is 0.645. The van der Waals surface area contributed by atoms with E-state index in [1.807, 2.05) is 11.4 Å². The van der Waals surface area contributed by atoms with E-state index in [0.29, 0.717) is 5.82 Å². The van der Waals surface area contributed by atoms with Crippen molar-refractivity contribution in [3.05, 3.63) is 40.2 Å². The van der Waals surface area contributed by atoms with Crippen molar-refractivity contribution < 1.29 is 8.42 Å². The third-order valence-corrected chi connectivity index (χ3v) is 6.11. The van der Waals surface area contributed by atoms with Gasteiger partial charge in [0, 0.05) is 24.2 Å². The number of pyridine rings is 1. The molecule has 2 aromatic rings. The fourth-order valence-electron chi connectivity index (χ4n) is 2.55. The lowest BCUT2D eigenvalue weighted by atomic mass is 9.95. The zero-order valence-corrected chi connectivity index (χ0v) is 13.3. The minimum absolute atomic E-state index is 0.131. The quantitative estimate of drug-likeness (QED) is 0.907. The number of nitrogens with zero attached hydrogens (tertiary/aromatic N) is 1. The molecular weight excluding hydrogens is 306 g/mol. The first-order chi connectivity index (χ1) is 10.1. The zero-order valence-electron chi connectivity index (χ0n) is 11.7. The Bertz CT molecular complexity index is 723. The third-order valence-electron chi connectivity index (χ3n) is 3.65. The van der Waals surface area contributed by atoms with Crippen LogP contribution in [0.25, 0.3) is 0 Å². The van der Waals surface area contributed by atoms with E-state index in [1.54, 1.807) is 30.5 Å². The van der Waals surface area contributed by atoms with Crippen LogP contribution in [0.2, 0.25) is 0 Å². The van der Waals surface area contributed by atoms with Crippen molar-refractivity contribution in [2.45, 2.75) is 30.2 Å². The number of fused-ring (bicyclic) bond motifs is 1. The Hall–Kier alpha value is -1.44. The molecule has 0 radical (unpaired) electrons. The van der Waals surface area contributed by atoms with Crippen LogP contribution in [0.15, 0.2) is 34.7 Å². The Morgan fingerprint density at radius 1 is 1.33 bits per heavy atom. The van der Waals surface area contributed by atoms with Gasteiger partial charge in [0.2, 0.25) is 10.0 Å². The first kappa shape index (κ1) is 14.5. The maximum atomic E-state index is 12.5. The molecule has 1 atom stereocenters. The molecule has 3 rings (SSSR count). The Morgan fingerprint density at radius 2 is 2.19 bits per heavy atom. The second kappa shape index (κ2) is 5.75. The number of thiophene rings is 1. The maximum Gasteiger partial charge on any atom is 0.242 e. The molecule has 0 aliphatic heterocycles. The minimum Gasteiger partial charge on any atom is -0.373 e. The van der Waals surface area contributed by atoms with E-state index in [-0.39, 0.29) is 10.9 Å². The number of nitrogens with one attached hydrogen (secondary N) is 2. The largest absolute Gasteiger partial charge is 0.373 e. The molecule has 0 aromatic carbocycles. The van der Waals surface area contributed by atoms with Crippen LogP contribution in [-0.4, -0.2) is 20.4 Å². The summed E-state index contributed by atoms with van der Waals surface area (Å²) in [6, 6.07) is 5.12. The van der Waals surface area contributed by atoms with E-state index in [2.05, 4.69) is 15.0 Å². The van der Waals surface area contributed by atoms with Gasteiger partial charge in [0.05, 0.1) is 0 Å². The van der Waals surface area contributed by atoms with Crippen molar-refractivity contribution in [3.8, 4) is 0 Å². The average molecular weight is 323 g/mol. The highest BCUT2D eigenvalue weighted by atomic mass is 32.2. The van der Waals surface area contributed by atoms with Crippen LogP contribution in [0.1, 0.15) is 29.3 Å². The first-order valence-electron chi connectivity index (χ1n) is 6.82. The van der Waals surface area contributed by atoms with E-state index < -0.39 is 10.0 Å². The topological polar surface area (TPSA) is 71.1 Å². The van der Waals surface area contributed by atoms with Crippen molar-refractivity contribution in [2.75, 3.05) is 12.4 Å². The Morgan fingerprint density at radius 3 is 2.90 bits per heavy atom. The van der Waals surface area contributed by atoms with Gasteiger partial charge in [-0.2, -0.15) is 0 Å². The molecule has 112 valence electrons. The number of anilines is 1. The van der Waals surface area contributed by atoms with Crippen molar-refractivity contribution in [2.24, 2.45) is 0 Å². The van der Waals surface area contributed by atoms with Crippen LogP contribution in [0, 0.1) is 0 Å². The Labute approximate surface area is 128 Å².